The summed E-state index contributed by atoms with van der Waals surface area (Å²) in [7, 11) is 0. The molecular weight excluding hydrogens is 262 g/mol. The van der Waals surface area contributed by atoms with Gasteiger partial charge in [-0.25, -0.2) is 0 Å². The van der Waals surface area contributed by atoms with Crippen LogP contribution in [-0.2, 0) is 0 Å². The van der Waals surface area contributed by atoms with Crippen LogP contribution in [0.4, 0.5) is 5.95 Å². The highest BCUT2D eigenvalue weighted by Gasteiger charge is 2.26. The molecule has 2 aromatic rings. The molecule has 0 saturated carbocycles. The third-order valence-corrected chi connectivity index (χ3v) is 4.50. The van der Waals surface area contributed by atoms with Crippen LogP contribution < -0.4 is 10.6 Å². The maximum atomic E-state index is 6.16. The first kappa shape index (κ1) is 14.1. The second-order valence-corrected chi connectivity index (χ2v) is 6.03. The number of hydrogen-bond acceptors (Lipinski definition) is 4. The Kier molecular flexibility index (Phi) is 3.92. The molecule has 3 rings (SSSR count). The van der Waals surface area contributed by atoms with Crippen LogP contribution in [-0.4, -0.2) is 34.3 Å². The van der Waals surface area contributed by atoms with Crippen molar-refractivity contribution in [1.29, 1.82) is 0 Å². The Bertz CT molecular complexity index is 579. The van der Waals surface area contributed by atoms with E-state index in [-0.39, 0.29) is 12.0 Å². The number of hydrogen-bond donors (Lipinski definition) is 2. The number of nitrogens with one attached hydrogen (secondary N) is 1. The van der Waals surface area contributed by atoms with E-state index in [1.165, 1.54) is 5.56 Å². The highest BCUT2D eigenvalue weighted by molar-refractivity contribution is 5.33. The number of H-pyrrole nitrogens is 1. The third-order valence-electron chi connectivity index (χ3n) is 4.50. The van der Waals surface area contributed by atoms with Crippen LogP contribution in [0.2, 0.25) is 0 Å². The van der Waals surface area contributed by atoms with E-state index in [2.05, 4.69) is 46.1 Å². The van der Waals surface area contributed by atoms with Crippen molar-refractivity contribution >= 4 is 5.95 Å². The monoisotopic (exact) mass is 285 g/mol. The number of nitrogens with two attached hydrogens (primary N) is 1. The molecule has 0 aliphatic carbocycles. The largest absolute Gasteiger partial charge is 0.338 e. The molecule has 1 aliphatic heterocycles. The van der Waals surface area contributed by atoms with Crippen LogP contribution in [0.15, 0.2) is 30.3 Å². The number of nitrogens with zero attached hydrogens (tertiary/aromatic N) is 3. The summed E-state index contributed by atoms with van der Waals surface area (Å²) < 4.78 is 0. The Morgan fingerprint density at radius 3 is 2.81 bits per heavy atom. The average Bonchev–Trinajstić information content (AvgIpc) is 3.00. The predicted octanol–water partition coefficient (Wildman–Crippen LogP) is 2.13. The fourth-order valence-corrected chi connectivity index (χ4v) is 2.78. The van der Waals surface area contributed by atoms with Crippen LogP contribution in [0.3, 0.4) is 0 Å². The van der Waals surface area contributed by atoms with Gasteiger partial charge in [0.15, 0.2) is 0 Å². The summed E-state index contributed by atoms with van der Waals surface area (Å²) in [5.74, 6) is 2.46. The summed E-state index contributed by atoms with van der Waals surface area (Å²) in [5.41, 5.74) is 7.40. The summed E-state index contributed by atoms with van der Waals surface area (Å²) in [6.45, 7) is 6.16. The topological polar surface area (TPSA) is 70.8 Å². The van der Waals surface area contributed by atoms with Gasteiger partial charge >= 0.3 is 0 Å². The molecule has 2 heterocycles. The number of piperidine rings is 1. The summed E-state index contributed by atoms with van der Waals surface area (Å²) in [6, 6.07) is 10.6. The Morgan fingerprint density at radius 1 is 1.33 bits per heavy atom. The Labute approximate surface area is 125 Å². The van der Waals surface area contributed by atoms with Crippen molar-refractivity contribution in [2.75, 3.05) is 18.0 Å². The molecule has 112 valence electrons. The third kappa shape index (κ3) is 2.93. The van der Waals surface area contributed by atoms with Gasteiger partial charge in [0.1, 0.15) is 5.82 Å². The Morgan fingerprint density at radius 2 is 2.10 bits per heavy atom. The fourth-order valence-electron chi connectivity index (χ4n) is 2.78. The number of aromatic amines is 1. The maximum Gasteiger partial charge on any atom is 0.244 e. The highest BCUT2D eigenvalue weighted by Crippen LogP contribution is 2.24. The molecule has 1 fully saturated rings. The van der Waals surface area contributed by atoms with Crippen molar-refractivity contribution in [1.82, 2.24) is 15.2 Å². The second-order valence-electron chi connectivity index (χ2n) is 6.03. The van der Waals surface area contributed by atoms with E-state index < -0.39 is 0 Å². The van der Waals surface area contributed by atoms with Gasteiger partial charge in [-0.1, -0.05) is 44.2 Å². The van der Waals surface area contributed by atoms with Gasteiger partial charge in [-0.05, 0) is 17.9 Å². The Hall–Kier alpha value is -1.88. The van der Waals surface area contributed by atoms with E-state index in [0.29, 0.717) is 5.92 Å². The van der Waals surface area contributed by atoms with Crippen LogP contribution in [0.1, 0.15) is 37.6 Å². The lowest BCUT2D eigenvalue weighted by Gasteiger charge is -2.34. The highest BCUT2D eigenvalue weighted by atomic mass is 15.4. The smallest absolute Gasteiger partial charge is 0.244 e. The van der Waals surface area contributed by atoms with E-state index in [0.717, 1.165) is 31.3 Å². The number of benzene rings is 1. The lowest BCUT2D eigenvalue weighted by Crippen LogP contribution is -2.48. The van der Waals surface area contributed by atoms with Gasteiger partial charge in [-0.15, -0.1) is 5.10 Å². The van der Waals surface area contributed by atoms with Crippen LogP contribution >= 0.6 is 0 Å². The molecule has 21 heavy (non-hydrogen) atoms. The van der Waals surface area contributed by atoms with E-state index >= 15 is 0 Å². The fraction of sp³-hybridized carbons (Fsp3) is 0.500. The standard InChI is InChI=1S/C16H23N5/c1-11-8-9-21(10-14(11)17)16-18-15(19-20-16)12(2)13-6-4-3-5-7-13/h3-7,11-12,14H,8-10,17H2,1-2H3,(H,18,19,20). The average molecular weight is 285 g/mol. The maximum absolute atomic E-state index is 6.16. The quantitative estimate of drug-likeness (QED) is 0.906. The first-order chi connectivity index (χ1) is 10.1. The molecular formula is C16H23N5. The minimum absolute atomic E-state index is 0.201. The van der Waals surface area contributed by atoms with Crippen molar-refractivity contribution in [2.45, 2.75) is 32.2 Å². The first-order valence-corrected chi connectivity index (χ1v) is 7.63. The molecule has 1 saturated heterocycles. The first-order valence-electron chi connectivity index (χ1n) is 7.63. The van der Waals surface area contributed by atoms with Gasteiger partial charge < -0.3 is 10.6 Å². The van der Waals surface area contributed by atoms with Crippen molar-refractivity contribution in [3.05, 3.63) is 41.7 Å². The number of aromatic nitrogens is 3. The zero-order chi connectivity index (χ0) is 14.8. The number of anilines is 1. The van der Waals surface area contributed by atoms with Gasteiger partial charge in [0, 0.05) is 25.0 Å². The van der Waals surface area contributed by atoms with E-state index in [1.54, 1.807) is 0 Å². The van der Waals surface area contributed by atoms with Crippen molar-refractivity contribution < 1.29 is 0 Å². The number of rotatable bonds is 3. The molecule has 0 bridgehead atoms. The lowest BCUT2D eigenvalue weighted by molar-refractivity contribution is 0.376. The molecule has 3 N–H and O–H groups in total. The molecule has 3 atom stereocenters. The molecule has 1 aliphatic rings. The zero-order valence-corrected chi connectivity index (χ0v) is 12.7. The van der Waals surface area contributed by atoms with E-state index in [4.69, 9.17) is 5.73 Å². The van der Waals surface area contributed by atoms with Crippen molar-refractivity contribution in [3.8, 4) is 0 Å². The normalized spacial score (nSPS) is 24.0. The molecule has 0 amide bonds. The van der Waals surface area contributed by atoms with E-state index in [9.17, 15) is 0 Å². The molecule has 3 unspecified atom stereocenters. The molecule has 1 aromatic heterocycles. The van der Waals surface area contributed by atoms with Crippen LogP contribution in [0, 0.1) is 5.92 Å². The van der Waals surface area contributed by atoms with Crippen molar-refractivity contribution in [3.63, 3.8) is 0 Å². The molecule has 5 heteroatoms. The van der Waals surface area contributed by atoms with Gasteiger partial charge in [0.2, 0.25) is 5.95 Å². The predicted molar refractivity (Wildman–Crippen MR) is 84.3 cm³/mol. The lowest BCUT2D eigenvalue weighted by atomic mass is 9.95. The minimum atomic E-state index is 0.201. The summed E-state index contributed by atoms with van der Waals surface area (Å²) >= 11 is 0. The second kappa shape index (κ2) is 5.85. The summed E-state index contributed by atoms with van der Waals surface area (Å²) in [6.07, 6.45) is 1.10. The molecule has 0 spiro atoms. The molecule has 1 aromatic carbocycles. The summed E-state index contributed by atoms with van der Waals surface area (Å²) in [5, 5.41) is 7.46. The van der Waals surface area contributed by atoms with Gasteiger partial charge in [-0.3, -0.25) is 5.10 Å². The molecule has 5 nitrogen and oxygen atoms in total. The summed E-state index contributed by atoms with van der Waals surface area (Å²) in [4.78, 5) is 6.86. The Balaban J connectivity index is 1.75. The van der Waals surface area contributed by atoms with Crippen LogP contribution in [0.25, 0.3) is 0 Å². The SMILES string of the molecule is CC(c1ccccc1)c1nc(N2CCC(C)C(N)C2)n[nH]1. The van der Waals surface area contributed by atoms with Crippen molar-refractivity contribution in [2.24, 2.45) is 11.7 Å². The minimum Gasteiger partial charge on any atom is -0.338 e. The van der Waals surface area contributed by atoms with Gasteiger partial charge in [0.25, 0.3) is 0 Å². The van der Waals surface area contributed by atoms with E-state index in [1.807, 2.05) is 18.2 Å². The molecule has 0 radical (unpaired) electrons. The van der Waals surface area contributed by atoms with Crippen LogP contribution in [0.5, 0.6) is 0 Å². The zero-order valence-electron chi connectivity index (χ0n) is 12.7. The van der Waals surface area contributed by atoms with Gasteiger partial charge in [0.05, 0.1) is 0 Å². The van der Waals surface area contributed by atoms with Gasteiger partial charge in [-0.2, -0.15) is 4.98 Å².